The van der Waals surface area contributed by atoms with Crippen LogP contribution in [0.15, 0.2) is 46.9 Å². The van der Waals surface area contributed by atoms with E-state index >= 15 is 0 Å². The number of phenolic OH excluding ortho intramolecular Hbond substituents is 1. The summed E-state index contributed by atoms with van der Waals surface area (Å²) in [5.41, 5.74) is 2.40. The molecule has 174 valence electrons. The zero-order valence-electron chi connectivity index (χ0n) is 19.9. The highest BCUT2D eigenvalue weighted by Gasteiger charge is 2.33. The van der Waals surface area contributed by atoms with Crippen LogP contribution in [-0.4, -0.2) is 21.3 Å². The zero-order chi connectivity index (χ0) is 23.4. The highest BCUT2D eigenvalue weighted by atomic mass is 16.5. The Balaban J connectivity index is 1.88. The number of benzene rings is 1. The molecule has 0 radical (unpaired) electrons. The predicted octanol–water partition coefficient (Wildman–Crippen LogP) is 6.33. The highest BCUT2D eigenvalue weighted by Crippen LogP contribution is 2.41. The van der Waals surface area contributed by atoms with Gasteiger partial charge in [0.25, 0.3) is 5.56 Å². The van der Waals surface area contributed by atoms with Gasteiger partial charge in [0.15, 0.2) is 0 Å². The van der Waals surface area contributed by atoms with Gasteiger partial charge in [0.05, 0.1) is 17.8 Å². The number of aromatic amines is 1. The maximum absolute atomic E-state index is 12.7. The van der Waals surface area contributed by atoms with Crippen molar-refractivity contribution >= 4 is 0 Å². The molecule has 5 nitrogen and oxygen atoms in total. The second-order valence-corrected chi connectivity index (χ2v) is 9.58. The molecule has 2 heterocycles. The standard InChI is InChI=1S/C27H37NO4/c1-6-16(2)13-17(3)14-19(5)26-18(4)7-12-23(32-26)24-25(30)22(15-28-27(24)31)20-8-10-21(29)11-9-20/h8-11,14-18,23,26,29H,6-7,12-13H2,1-5H3,(H2,28,30,31)/b19-14+. The van der Waals surface area contributed by atoms with Gasteiger partial charge < -0.3 is 19.9 Å². The molecular weight excluding hydrogens is 402 g/mol. The van der Waals surface area contributed by atoms with E-state index in [4.69, 9.17) is 4.74 Å². The fraction of sp³-hybridized carbons (Fsp3) is 0.519. The lowest BCUT2D eigenvalue weighted by Crippen LogP contribution is -2.33. The van der Waals surface area contributed by atoms with Crippen molar-refractivity contribution in [1.82, 2.24) is 4.98 Å². The Morgan fingerprint density at radius 3 is 2.56 bits per heavy atom. The van der Waals surface area contributed by atoms with Gasteiger partial charge in [0.1, 0.15) is 11.5 Å². The van der Waals surface area contributed by atoms with Gasteiger partial charge in [-0.15, -0.1) is 0 Å². The molecule has 5 atom stereocenters. The molecule has 0 bridgehead atoms. The summed E-state index contributed by atoms with van der Waals surface area (Å²) >= 11 is 0. The molecule has 1 saturated heterocycles. The van der Waals surface area contributed by atoms with Crippen LogP contribution in [0.4, 0.5) is 0 Å². The third kappa shape index (κ3) is 5.44. The van der Waals surface area contributed by atoms with Crippen LogP contribution in [0.1, 0.15) is 72.0 Å². The quantitative estimate of drug-likeness (QED) is 0.440. The van der Waals surface area contributed by atoms with E-state index in [1.165, 1.54) is 18.2 Å². The third-order valence-corrected chi connectivity index (χ3v) is 6.78. The van der Waals surface area contributed by atoms with Crippen molar-refractivity contribution in [1.29, 1.82) is 0 Å². The first-order chi connectivity index (χ1) is 15.2. The normalized spacial score (nSPS) is 23.7. The predicted molar refractivity (Wildman–Crippen MR) is 129 cm³/mol. The van der Waals surface area contributed by atoms with Crippen LogP contribution >= 0.6 is 0 Å². The number of ether oxygens (including phenoxy) is 1. The van der Waals surface area contributed by atoms with E-state index in [1.54, 1.807) is 24.3 Å². The van der Waals surface area contributed by atoms with Crippen molar-refractivity contribution in [3.8, 4) is 22.6 Å². The van der Waals surface area contributed by atoms with Crippen LogP contribution in [0, 0.1) is 17.8 Å². The summed E-state index contributed by atoms with van der Waals surface area (Å²) in [5, 5.41) is 20.6. The Kier molecular flexibility index (Phi) is 7.83. The van der Waals surface area contributed by atoms with Crippen LogP contribution in [0.25, 0.3) is 11.1 Å². The Hall–Kier alpha value is -2.53. The lowest BCUT2D eigenvalue weighted by Gasteiger charge is -2.36. The Morgan fingerprint density at radius 1 is 1.22 bits per heavy atom. The first kappa shape index (κ1) is 24.1. The largest absolute Gasteiger partial charge is 0.508 e. The number of rotatable bonds is 7. The van der Waals surface area contributed by atoms with Crippen molar-refractivity contribution in [2.45, 2.75) is 72.5 Å². The first-order valence-corrected chi connectivity index (χ1v) is 11.8. The number of hydrogen-bond donors (Lipinski definition) is 3. The van der Waals surface area contributed by atoms with E-state index in [-0.39, 0.29) is 28.7 Å². The van der Waals surface area contributed by atoms with Crippen molar-refractivity contribution in [3.05, 3.63) is 58.0 Å². The van der Waals surface area contributed by atoms with Gasteiger partial charge in [-0.2, -0.15) is 0 Å². The van der Waals surface area contributed by atoms with E-state index in [2.05, 4.69) is 45.7 Å². The lowest BCUT2D eigenvalue weighted by atomic mass is 9.85. The second kappa shape index (κ2) is 10.4. The van der Waals surface area contributed by atoms with Gasteiger partial charge >= 0.3 is 0 Å². The molecule has 32 heavy (non-hydrogen) atoms. The Morgan fingerprint density at radius 2 is 1.91 bits per heavy atom. The van der Waals surface area contributed by atoms with Crippen molar-refractivity contribution in [2.75, 3.05) is 0 Å². The molecular formula is C27H37NO4. The molecule has 1 aromatic heterocycles. The number of nitrogens with one attached hydrogen (secondary N) is 1. The molecule has 5 unspecified atom stereocenters. The minimum Gasteiger partial charge on any atom is -0.508 e. The van der Waals surface area contributed by atoms with Crippen LogP contribution in [0.5, 0.6) is 11.5 Å². The zero-order valence-corrected chi connectivity index (χ0v) is 19.9. The summed E-state index contributed by atoms with van der Waals surface area (Å²) < 4.78 is 6.46. The minimum atomic E-state index is -0.467. The number of hydrogen-bond acceptors (Lipinski definition) is 4. The van der Waals surface area contributed by atoms with Gasteiger partial charge in [-0.1, -0.05) is 52.3 Å². The van der Waals surface area contributed by atoms with E-state index in [9.17, 15) is 15.0 Å². The number of H-pyrrole nitrogens is 1. The molecule has 1 aliphatic heterocycles. The number of aromatic nitrogens is 1. The smallest absolute Gasteiger partial charge is 0.257 e. The fourth-order valence-electron chi connectivity index (χ4n) is 4.82. The van der Waals surface area contributed by atoms with E-state index < -0.39 is 6.10 Å². The summed E-state index contributed by atoms with van der Waals surface area (Å²) in [6.45, 7) is 11.1. The first-order valence-electron chi connectivity index (χ1n) is 11.8. The van der Waals surface area contributed by atoms with Gasteiger partial charge in [-0.05, 0) is 67.2 Å². The minimum absolute atomic E-state index is 0.0514. The van der Waals surface area contributed by atoms with E-state index in [0.717, 1.165) is 12.8 Å². The van der Waals surface area contributed by atoms with E-state index in [0.29, 0.717) is 35.3 Å². The molecule has 0 amide bonds. The number of pyridine rings is 1. The van der Waals surface area contributed by atoms with E-state index in [1.807, 2.05) is 0 Å². The summed E-state index contributed by atoms with van der Waals surface area (Å²) in [4.78, 5) is 15.5. The Labute approximate surface area is 191 Å². The number of aromatic hydroxyl groups is 2. The second-order valence-electron chi connectivity index (χ2n) is 9.58. The average Bonchev–Trinajstić information content (AvgIpc) is 2.75. The van der Waals surface area contributed by atoms with Crippen LogP contribution in [-0.2, 0) is 4.74 Å². The van der Waals surface area contributed by atoms with Gasteiger partial charge in [-0.25, -0.2) is 0 Å². The van der Waals surface area contributed by atoms with Gasteiger partial charge in [0.2, 0.25) is 0 Å². The number of phenols is 1. The van der Waals surface area contributed by atoms with Crippen molar-refractivity contribution in [3.63, 3.8) is 0 Å². The summed E-state index contributed by atoms with van der Waals surface area (Å²) in [7, 11) is 0. The third-order valence-electron chi connectivity index (χ3n) is 6.78. The lowest BCUT2D eigenvalue weighted by molar-refractivity contribution is -0.0630. The van der Waals surface area contributed by atoms with Gasteiger partial charge in [0, 0.05) is 11.8 Å². The van der Waals surface area contributed by atoms with Crippen molar-refractivity contribution in [2.24, 2.45) is 17.8 Å². The summed E-state index contributed by atoms with van der Waals surface area (Å²) in [6.07, 6.45) is 7.20. The Bertz CT molecular complexity index is 992. The molecule has 0 spiro atoms. The highest BCUT2D eigenvalue weighted by molar-refractivity contribution is 5.71. The van der Waals surface area contributed by atoms with Crippen LogP contribution < -0.4 is 5.56 Å². The summed E-state index contributed by atoms with van der Waals surface area (Å²) in [5.74, 6) is 1.60. The molecule has 5 heteroatoms. The van der Waals surface area contributed by atoms with Crippen LogP contribution in [0.2, 0.25) is 0 Å². The maximum Gasteiger partial charge on any atom is 0.257 e. The monoisotopic (exact) mass is 439 g/mol. The fourth-order valence-corrected chi connectivity index (χ4v) is 4.82. The molecule has 3 rings (SSSR count). The topological polar surface area (TPSA) is 82.5 Å². The van der Waals surface area contributed by atoms with Crippen LogP contribution in [0.3, 0.4) is 0 Å². The van der Waals surface area contributed by atoms with Crippen molar-refractivity contribution < 1.29 is 14.9 Å². The molecule has 3 N–H and O–H groups in total. The summed E-state index contributed by atoms with van der Waals surface area (Å²) in [6, 6.07) is 6.54. The molecule has 0 aliphatic carbocycles. The average molecular weight is 440 g/mol. The SMILES string of the molecule is CCC(C)CC(C)/C=C(\C)C1OC(c2c(O)c(-c3ccc(O)cc3)c[nH]c2=O)CCC1C. The molecule has 1 aromatic carbocycles. The molecule has 2 aromatic rings. The molecule has 0 saturated carbocycles. The number of allylic oxidation sites excluding steroid dienone is 1. The molecule has 1 aliphatic rings. The molecule has 1 fully saturated rings. The van der Waals surface area contributed by atoms with Gasteiger partial charge in [-0.3, -0.25) is 4.79 Å². The maximum atomic E-state index is 12.7.